The summed E-state index contributed by atoms with van der Waals surface area (Å²) in [5.74, 6) is 0. The van der Waals surface area contributed by atoms with E-state index in [9.17, 15) is 5.11 Å². The van der Waals surface area contributed by atoms with E-state index in [4.69, 9.17) is 0 Å². The van der Waals surface area contributed by atoms with Gasteiger partial charge < -0.3 is 5.11 Å². The van der Waals surface area contributed by atoms with Crippen molar-refractivity contribution in [2.75, 3.05) is 0 Å². The smallest absolute Gasteiger partial charge is 0.0572 e. The monoisotopic (exact) mass is 176 g/mol. The topological polar surface area (TPSA) is 20.2 Å². The Balaban J connectivity index is 2.41. The molecule has 0 aliphatic rings. The van der Waals surface area contributed by atoms with E-state index < -0.39 is 0 Å². The van der Waals surface area contributed by atoms with Crippen LogP contribution >= 0.6 is 0 Å². The van der Waals surface area contributed by atoms with Gasteiger partial charge in [0.15, 0.2) is 0 Å². The molecule has 0 saturated carbocycles. The maximum atomic E-state index is 9.28. The first-order valence-electron chi connectivity index (χ1n) is 4.72. The number of rotatable bonds is 4. The van der Waals surface area contributed by atoms with Crippen LogP contribution in [0.4, 0.5) is 0 Å². The number of aliphatic hydroxyl groups is 1. The molecule has 0 amide bonds. The number of benzene rings is 1. The van der Waals surface area contributed by atoms with Crippen molar-refractivity contribution in [2.24, 2.45) is 0 Å². The fraction of sp³-hybridized carbons (Fsp3) is 0.333. The molecule has 1 atom stereocenters. The lowest BCUT2D eigenvalue weighted by Gasteiger charge is -2.01. The number of hydrogen-bond acceptors (Lipinski definition) is 1. The second-order valence-electron chi connectivity index (χ2n) is 3.11. The summed E-state index contributed by atoms with van der Waals surface area (Å²) >= 11 is 0. The predicted molar refractivity (Wildman–Crippen MR) is 56.4 cm³/mol. The molecule has 1 aromatic rings. The zero-order valence-corrected chi connectivity index (χ0v) is 7.98. The van der Waals surface area contributed by atoms with Gasteiger partial charge in [0.2, 0.25) is 0 Å². The van der Waals surface area contributed by atoms with Gasteiger partial charge >= 0.3 is 0 Å². The van der Waals surface area contributed by atoms with Crippen molar-refractivity contribution in [3.8, 4) is 0 Å². The quantitative estimate of drug-likeness (QED) is 0.748. The molecule has 1 aromatic carbocycles. The molecule has 13 heavy (non-hydrogen) atoms. The van der Waals surface area contributed by atoms with Gasteiger partial charge in [-0.2, -0.15) is 0 Å². The van der Waals surface area contributed by atoms with Gasteiger partial charge in [-0.15, -0.1) is 0 Å². The van der Waals surface area contributed by atoms with Crippen molar-refractivity contribution in [1.29, 1.82) is 0 Å². The standard InChI is InChI=1S/C12H16O/c1-2-12(13)10-6-9-11-7-4-3-5-8-11/h3-9,12-13H,2,10H2,1H3/t12-/m1/s1. The summed E-state index contributed by atoms with van der Waals surface area (Å²) in [5.41, 5.74) is 1.19. The van der Waals surface area contributed by atoms with Crippen molar-refractivity contribution in [3.63, 3.8) is 0 Å². The predicted octanol–water partition coefficient (Wildman–Crippen LogP) is 2.86. The van der Waals surface area contributed by atoms with E-state index in [0.717, 1.165) is 12.8 Å². The highest BCUT2D eigenvalue weighted by molar-refractivity contribution is 5.48. The Kier molecular flexibility index (Phi) is 4.27. The molecule has 1 nitrogen and oxygen atoms in total. The van der Waals surface area contributed by atoms with Gasteiger partial charge in [-0.05, 0) is 18.4 Å². The SMILES string of the molecule is CC[C@@H](O)CC=Cc1ccccc1. The maximum Gasteiger partial charge on any atom is 0.0572 e. The van der Waals surface area contributed by atoms with Crippen LogP contribution in [-0.4, -0.2) is 11.2 Å². The first-order valence-corrected chi connectivity index (χ1v) is 4.72. The number of hydrogen-bond donors (Lipinski definition) is 1. The molecule has 0 saturated heterocycles. The summed E-state index contributed by atoms with van der Waals surface area (Å²) in [5, 5.41) is 9.28. The minimum Gasteiger partial charge on any atom is -0.393 e. The highest BCUT2D eigenvalue weighted by Gasteiger charge is 1.94. The molecule has 0 aromatic heterocycles. The molecule has 1 N–H and O–H groups in total. The Bertz CT molecular complexity index is 251. The van der Waals surface area contributed by atoms with Crippen LogP contribution in [0.1, 0.15) is 25.3 Å². The molecule has 0 fully saturated rings. The minimum atomic E-state index is -0.194. The van der Waals surface area contributed by atoms with Gasteiger partial charge in [-0.1, -0.05) is 49.4 Å². The van der Waals surface area contributed by atoms with Gasteiger partial charge in [0, 0.05) is 0 Å². The second kappa shape index (κ2) is 5.55. The average Bonchev–Trinajstić information content (AvgIpc) is 2.19. The molecule has 0 aliphatic carbocycles. The first kappa shape index (κ1) is 10.0. The van der Waals surface area contributed by atoms with E-state index in [0.29, 0.717) is 0 Å². The summed E-state index contributed by atoms with van der Waals surface area (Å²) in [4.78, 5) is 0. The number of aliphatic hydroxyl groups excluding tert-OH is 1. The molecule has 0 heterocycles. The van der Waals surface area contributed by atoms with Gasteiger partial charge in [0.25, 0.3) is 0 Å². The third-order valence-corrected chi connectivity index (χ3v) is 1.99. The molecule has 0 bridgehead atoms. The van der Waals surface area contributed by atoms with Crippen LogP contribution in [0, 0.1) is 0 Å². The summed E-state index contributed by atoms with van der Waals surface area (Å²) in [7, 11) is 0. The van der Waals surface area contributed by atoms with Gasteiger partial charge in [0.05, 0.1) is 6.10 Å². The third kappa shape index (κ3) is 3.90. The molecular formula is C12H16O. The van der Waals surface area contributed by atoms with E-state index in [1.54, 1.807) is 0 Å². The lowest BCUT2D eigenvalue weighted by Crippen LogP contribution is -2.00. The van der Waals surface area contributed by atoms with Crippen molar-refractivity contribution in [3.05, 3.63) is 42.0 Å². The fourth-order valence-electron chi connectivity index (χ4n) is 1.09. The van der Waals surface area contributed by atoms with Crippen molar-refractivity contribution < 1.29 is 5.11 Å². The lowest BCUT2D eigenvalue weighted by atomic mass is 10.1. The molecular weight excluding hydrogens is 160 g/mol. The van der Waals surface area contributed by atoms with E-state index in [1.807, 2.05) is 37.3 Å². The molecule has 0 unspecified atom stereocenters. The van der Waals surface area contributed by atoms with Crippen LogP contribution < -0.4 is 0 Å². The highest BCUT2D eigenvalue weighted by atomic mass is 16.3. The molecule has 0 radical (unpaired) electrons. The summed E-state index contributed by atoms with van der Waals surface area (Å²) < 4.78 is 0. The van der Waals surface area contributed by atoms with Crippen molar-refractivity contribution in [1.82, 2.24) is 0 Å². The molecule has 0 spiro atoms. The van der Waals surface area contributed by atoms with E-state index >= 15 is 0 Å². The van der Waals surface area contributed by atoms with Crippen molar-refractivity contribution >= 4 is 6.08 Å². The Morgan fingerprint density at radius 3 is 2.62 bits per heavy atom. The van der Waals surface area contributed by atoms with Gasteiger partial charge in [-0.25, -0.2) is 0 Å². The molecule has 0 aliphatic heterocycles. The summed E-state index contributed by atoms with van der Waals surface area (Å²) in [6.45, 7) is 1.99. The van der Waals surface area contributed by atoms with Gasteiger partial charge in [-0.3, -0.25) is 0 Å². The molecule has 1 rings (SSSR count). The molecule has 70 valence electrons. The second-order valence-corrected chi connectivity index (χ2v) is 3.11. The summed E-state index contributed by atoms with van der Waals surface area (Å²) in [6, 6.07) is 10.1. The zero-order chi connectivity index (χ0) is 9.52. The first-order chi connectivity index (χ1) is 6.33. The van der Waals surface area contributed by atoms with Crippen LogP contribution in [0.5, 0.6) is 0 Å². The fourth-order valence-corrected chi connectivity index (χ4v) is 1.09. The largest absolute Gasteiger partial charge is 0.393 e. The normalized spacial score (nSPS) is 13.4. The average molecular weight is 176 g/mol. The van der Waals surface area contributed by atoms with Crippen LogP contribution in [0.15, 0.2) is 36.4 Å². The van der Waals surface area contributed by atoms with E-state index in [-0.39, 0.29) is 6.10 Å². The highest BCUT2D eigenvalue weighted by Crippen LogP contribution is 2.04. The Morgan fingerprint density at radius 1 is 1.31 bits per heavy atom. The van der Waals surface area contributed by atoms with Crippen LogP contribution in [0.2, 0.25) is 0 Å². The van der Waals surface area contributed by atoms with Gasteiger partial charge in [0.1, 0.15) is 0 Å². The Hall–Kier alpha value is -1.08. The minimum absolute atomic E-state index is 0.194. The molecule has 1 heteroatoms. The maximum absolute atomic E-state index is 9.28. The van der Waals surface area contributed by atoms with E-state index in [1.165, 1.54) is 5.56 Å². The van der Waals surface area contributed by atoms with Crippen LogP contribution in [-0.2, 0) is 0 Å². The van der Waals surface area contributed by atoms with Crippen molar-refractivity contribution in [2.45, 2.75) is 25.9 Å². The zero-order valence-electron chi connectivity index (χ0n) is 7.98. The van der Waals surface area contributed by atoms with Crippen LogP contribution in [0.3, 0.4) is 0 Å². The van der Waals surface area contributed by atoms with E-state index in [2.05, 4.69) is 12.1 Å². The Morgan fingerprint density at radius 2 is 2.00 bits per heavy atom. The lowest BCUT2D eigenvalue weighted by molar-refractivity contribution is 0.174. The van der Waals surface area contributed by atoms with Crippen LogP contribution in [0.25, 0.3) is 6.08 Å². The third-order valence-electron chi connectivity index (χ3n) is 1.99. The Labute approximate surface area is 79.7 Å². The summed E-state index contributed by atoms with van der Waals surface area (Å²) in [6.07, 6.45) is 5.42.